The van der Waals surface area contributed by atoms with Crippen LogP contribution in [0, 0.1) is 6.92 Å². The quantitative estimate of drug-likeness (QED) is 0.907. The summed E-state index contributed by atoms with van der Waals surface area (Å²) in [6.07, 6.45) is 5.32. The van der Waals surface area contributed by atoms with Crippen molar-refractivity contribution in [3.8, 4) is 0 Å². The summed E-state index contributed by atoms with van der Waals surface area (Å²) < 4.78 is 0. The molecular formula is C14H23N3OS2. The first-order valence-corrected chi connectivity index (χ1v) is 9.00. The molecule has 1 heterocycles. The third kappa shape index (κ3) is 4.12. The van der Waals surface area contributed by atoms with Crippen LogP contribution in [0.4, 0.5) is 4.79 Å². The smallest absolute Gasteiger partial charge is 0.317 e. The second-order valence-corrected chi connectivity index (χ2v) is 8.06. The molecule has 0 radical (unpaired) electrons. The third-order valence-electron chi connectivity index (χ3n) is 3.71. The normalized spacial score (nSPS) is 21.9. The van der Waals surface area contributed by atoms with Crippen molar-refractivity contribution < 1.29 is 4.79 Å². The van der Waals surface area contributed by atoms with E-state index < -0.39 is 0 Å². The molecule has 1 N–H and O–H groups in total. The minimum atomic E-state index is 0.0307. The Balaban J connectivity index is 1.77. The number of nitrogens with zero attached hydrogens (tertiary/aromatic N) is 2. The van der Waals surface area contributed by atoms with E-state index in [9.17, 15) is 4.79 Å². The second kappa shape index (κ2) is 7.31. The Hall–Kier alpha value is -0.750. The van der Waals surface area contributed by atoms with Crippen LogP contribution >= 0.6 is 23.1 Å². The first kappa shape index (κ1) is 15.6. The van der Waals surface area contributed by atoms with Gasteiger partial charge < -0.3 is 10.2 Å². The molecule has 0 aliphatic heterocycles. The van der Waals surface area contributed by atoms with Gasteiger partial charge in [0.2, 0.25) is 0 Å². The van der Waals surface area contributed by atoms with Gasteiger partial charge in [0.05, 0.1) is 11.6 Å². The highest BCUT2D eigenvalue weighted by Crippen LogP contribution is 2.32. The van der Waals surface area contributed by atoms with Crippen molar-refractivity contribution in [2.24, 2.45) is 0 Å². The maximum atomic E-state index is 12.2. The summed E-state index contributed by atoms with van der Waals surface area (Å²) in [5.41, 5.74) is 0. The average Bonchev–Trinajstić information content (AvgIpc) is 3.05. The van der Waals surface area contributed by atoms with Crippen LogP contribution in [-0.4, -0.2) is 40.0 Å². The SMILES string of the molecule is CCS[C@@H]1CC[C@@H](N(C)C(=O)NCc2cnc(C)s2)C1. The molecular weight excluding hydrogens is 290 g/mol. The molecule has 1 aliphatic rings. The standard InChI is InChI=1S/C14H23N3OS2/c1-4-19-12-6-5-11(7-12)17(3)14(18)16-9-13-8-15-10(2)20-13/h8,11-12H,4-7,9H2,1-3H3,(H,16,18)/t11-,12-/m1/s1. The minimum absolute atomic E-state index is 0.0307. The van der Waals surface area contributed by atoms with E-state index in [1.807, 2.05) is 36.8 Å². The van der Waals surface area contributed by atoms with Crippen LogP contribution in [-0.2, 0) is 6.54 Å². The van der Waals surface area contributed by atoms with Crippen LogP contribution in [0.1, 0.15) is 36.1 Å². The zero-order valence-electron chi connectivity index (χ0n) is 12.4. The van der Waals surface area contributed by atoms with Crippen molar-refractivity contribution >= 4 is 29.1 Å². The number of rotatable bonds is 5. The summed E-state index contributed by atoms with van der Waals surface area (Å²) in [6.45, 7) is 4.76. The van der Waals surface area contributed by atoms with E-state index in [4.69, 9.17) is 0 Å². The molecule has 1 saturated carbocycles. The highest BCUT2D eigenvalue weighted by Gasteiger charge is 2.29. The molecule has 4 nitrogen and oxygen atoms in total. The van der Waals surface area contributed by atoms with Crippen LogP contribution in [0.3, 0.4) is 0 Å². The number of nitrogens with one attached hydrogen (secondary N) is 1. The molecule has 0 aromatic carbocycles. The van der Waals surface area contributed by atoms with E-state index in [-0.39, 0.29) is 6.03 Å². The van der Waals surface area contributed by atoms with Crippen molar-refractivity contribution in [3.05, 3.63) is 16.1 Å². The van der Waals surface area contributed by atoms with Crippen LogP contribution < -0.4 is 5.32 Å². The van der Waals surface area contributed by atoms with Gasteiger partial charge in [-0.2, -0.15) is 11.8 Å². The highest BCUT2D eigenvalue weighted by atomic mass is 32.2. The molecule has 2 rings (SSSR count). The zero-order chi connectivity index (χ0) is 14.5. The average molecular weight is 313 g/mol. The number of hydrogen-bond acceptors (Lipinski definition) is 4. The summed E-state index contributed by atoms with van der Waals surface area (Å²) in [7, 11) is 1.91. The summed E-state index contributed by atoms with van der Waals surface area (Å²) in [4.78, 5) is 19.4. The first-order chi connectivity index (χ1) is 9.60. The fraction of sp³-hybridized carbons (Fsp3) is 0.714. The maximum absolute atomic E-state index is 12.2. The minimum Gasteiger partial charge on any atom is -0.333 e. The van der Waals surface area contributed by atoms with Gasteiger partial charge in [0, 0.05) is 29.4 Å². The molecule has 112 valence electrons. The molecule has 1 aromatic heterocycles. The summed E-state index contributed by atoms with van der Waals surface area (Å²) in [5.74, 6) is 1.16. The molecule has 2 atom stereocenters. The van der Waals surface area contributed by atoms with E-state index in [1.54, 1.807) is 11.3 Å². The maximum Gasteiger partial charge on any atom is 0.317 e. The van der Waals surface area contributed by atoms with Gasteiger partial charge in [0.15, 0.2) is 0 Å². The Morgan fingerprint density at radius 2 is 2.40 bits per heavy atom. The molecule has 6 heteroatoms. The number of hydrogen-bond donors (Lipinski definition) is 1. The van der Waals surface area contributed by atoms with E-state index in [2.05, 4.69) is 17.2 Å². The fourth-order valence-electron chi connectivity index (χ4n) is 2.60. The Bertz CT molecular complexity index is 449. The topological polar surface area (TPSA) is 45.2 Å². The summed E-state index contributed by atoms with van der Waals surface area (Å²) >= 11 is 3.65. The summed E-state index contributed by atoms with van der Waals surface area (Å²) in [6, 6.07) is 0.422. The lowest BCUT2D eigenvalue weighted by Crippen LogP contribution is -2.42. The van der Waals surface area contributed by atoms with Crippen molar-refractivity contribution in [2.75, 3.05) is 12.8 Å². The van der Waals surface area contributed by atoms with Crippen LogP contribution in [0.25, 0.3) is 0 Å². The van der Waals surface area contributed by atoms with Crippen molar-refractivity contribution in [3.63, 3.8) is 0 Å². The lowest BCUT2D eigenvalue weighted by molar-refractivity contribution is 0.190. The Labute approximate surface area is 129 Å². The summed E-state index contributed by atoms with van der Waals surface area (Å²) in [5, 5.41) is 4.75. The second-order valence-electron chi connectivity index (χ2n) is 5.16. The highest BCUT2D eigenvalue weighted by molar-refractivity contribution is 7.99. The van der Waals surface area contributed by atoms with Gasteiger partial charge in [0.1, 0.15) is 0 Å². The molecule has 0 bridgehead atoms. The van der Waals surface area contributed by atoms with Gasteiger partial charge in [0.25, 0.3) is 0 Å². The predicted molar refractivity (Wildman–Crippen MR) is 86.4 cm³/mol. The third-order valence-corrected chi connectivity index (χ3v) is 5.86. The van der Waals surface area contributed by atoms with Gasteiger partial charge in [-0.3, -0.25) is 0 Å². The molecule has 20 heavy (non-hydrogen) atoms. The largest absolute Gasteiger partial charge is 0.333 e. The van der Waals surface area contributed by atoms with E-state index in [1.165, 1.54) is 6.42 Å². The van der Waals surface area contributed by atoms with Crippen LogP contribution in [0.2, 0.25) is 0 Å². The molecule has 1 aliphatic carbocycles. The van der Waals surface area contributed by atoms with Crippen LogP contribution in [0.5, 0.6) is 0 Å². The zero-order valence-corrected chi connectivity index (χ0v) is 14.0. The van der Waals surface area contributed by atoms with Gasteiger partial charge in [-0.15, -0.1) is 11.3 Å². The molecule has 2 amide bonds. The number of urea groups is 1. The number of carbonyl (C=O) groups excluding carboxylic acids is 1. The van der Waals surface area contributed by atoms with Crippen LogP contribution in [0.15, 0.2) is 6.20 Å². The predicted octanol–water partition coefficient (Wildman–Crippen LogP) is 3.27. The van der Waals surface area contributed by atoms with Crippen molar-refractivity contribution in [1.82, 2.24) is 15.2 Å². The molecule has 1 fully saturated rings. The van der Waals surface area contributed by atoms with Gasteiger partial charge >= 0.3 is 6.03 Å². The van der Waals surface area contributed by atoms with E-state index >= 15 is 0 Å². The monoisotopic (exact) mass is 313 g/mol. The van der Waals surface area contributed by atoms with E-state index in [0.29, 0.717) is 12.6 Å². The molecule has 1 aromatic rings. The van der Waals surface area contributed by atoms with Gasteiger partial charge in [-0.1, -0.05) is 6.92 Å². The van der Waals surface area contributed by atoms with E-state index in [0.717, 1.165) is 33.7 Å². The van der Waals surface area contributed by atoms with Crippen molar-refractivity contribution in [2.45, 2.75) is 50.9 Å². The Kier molecular flexibility index (Phi) is 5.72. The first-order valence-electron chi connectivity index (χ1n) is 7.13. The van der Waals surface area contributed by atoms with Gasteiger partial charge in [-0.05, 0) is 31.9 Å². The molecule has 0 saturated heterocycles. The van der Waals surface area contributed by atoms with Crippen molar-refractivity contribution in [1.29, 1.82) is 0 Å². The molecule has 0 spiro atoms. The number of thioether (sulfide) groups is 1. The lowest BCUT2D eigenvalue weighted by Gasteiger charge is -2.24. The molecule has 0 unspecified atom stereocenters. The number of aromatic nitrogens is 1. The number of amides is 2. The lowest BCUT2D eigenvalue weighted by atomic mass is 10.2. The number of carbonyl (C=O) groups is 1. The number of thiazole rings is 1. The Morgan fingerprint density at radius 1 is 1.60 bits per heavy atom. The van der Waals surface area contributed by atoms with Gasteiger partial charge in [-0.25, -0.2) is 9.78 Å². The Morgan fingerprint density at radius 3 is 3.05 bits per heavy atom. The fourth-order valence-corrected chi connectivity index (χ4v) is 4.46. The number of aryl methyl sites for hydroxylation is 1.